The van der Waals surface area contributed by atoms with Crippen molar-refractivity contribution >= 4 is 5.90 Å². The van der Waals surface area contributed by atoms with Crippen LogP contribution in [0.3, 0.4) is 0 Å². The van der Waals surface area contributed by atoms with Crippen LogP contribution in [0, 0.1) is 0 Å². The molecule has 0 aromatic rings. The highest BCUT2D eigenvalue weighted by Crippen LogP contribution is 1.91. The number of rotatable bonds is 2. The van der Waals surface area contributed by atoms with Crippen LogP contribution >= 0.6 is 0 Å². The molecule has 0 unspecified atom stereocenters. The largest absolute Gasteiger partial charge is 0.449 e. The van der Waals surface area contributed by atoms with Crippen LogP contribution in [-0.2, 0) is 4.74 Å². The molecule has 0 aromatic carbocycles. The molecule has 0 aliphatic heterocycles. The van der Waals surface area contributed by atoms with Crippen molar-refractivity contribution in [1.82, 2.24) is 0 Å². The van der Waals surface area contributed by atoms with E-state index in [0.717, 1.165) is 6.54 Å². The summed E-state index contributed by atoms with van der Waals surface area (Å²) in [4.78, 5) is 4.00. The Kier molecular flexibility index (Phi) is 3.76. The molecule has 0 bridgehead atoms. The van der Waals surface area contributed by atoms with E-state index >= 15 is 0 Å². The minimum absolute atomic E-state index is 0.685. The van der Waals surface area contributed by atoms with E-state index in [2.05, 4.69) is 11.6 Å². The first-order valence-corrected chi connectivity index (χ1v) is 3.01. The zero-order valence-corrected chi connectivity index (χ0v) is 6.27. The first kappa shape index (κ1) is 8.21. The monoisotopic (exact) mass is 127 g/mol. The van der Waals surface area contributed by atoms with Gasteiger partial charge >= 0.3 is 0 Å². The molecule has 0 heterocycles. The standard InChI is InChI=1S/C7H13NO/c1-5-8-7(4)9-6(2)3/h2,5H2,1,3-4H3. The van der Waals surface area contributed by atoms with Gasteiger partial charge in [-0.3, -0.25) is 4.99 Å². The van der Waals surface area contributed by atoms with Crippen molar-refractivity contribution in [3.8, 4) is 0 Å². The Hall–Kier alpha value is -0.790. The van der Waals surface area contributed by atoms with Gasteiger partial charge in [0.2, 0.25) is 0 Å². The van der Waals surface area contributed by atoms with Crippen molar-refractivity contribution in [2.75, 3.05) is 6.54 Å². The average molecular weight is 127 g/mol. The molecule has 2 heteroatoms. The summed E-state index contributed by atoms with van der Waals surface area (Å²) in [6.07, 6.45) is 0. The molecule has 0 saturated carbocycles. The highest BCUT2D eigenvalue weighted by molar-refractivity contribution is 5.74. The zero-order chi connectivity index (χ0) is 7.28. The summed E-state index contributed by atoms with van der Waals surface area (Å²) < 4.78 is 5.05. The number of hydrogen-bond donors (Lipinski definition) is 0. The molecule has 52 valence electrons. The fourth-order valence-corrected chi connectivity index (χ4v) is 0.507. The molecule has 0 atom stereocenters. The Morgan fingerprint density at radius 2 is 2.11 bits per heavy atom. The van der Waals surface area contributed by atoms with Crippen molar-refractivity contribution in [1.29, 1.82) is 0 Å². The van der Waals surface area contributed by atoms with Crippen molar-refractivity contribution in [2.45, 2.75) is 20.8 Å². The summed E-state index contributed by atoms with van der Waals surface area (Å²) in [6.45, 7) is 9.92. The summed E-state index contributed by atoms with van der Waals surface area (Å²) >= 11 is 0. The van der Waals surface area contributed by atoms with Gasteiger partial charge in [0, 0.05) is 13.5 Å². The number of aliphatic imine (C=N–C) groups is 1. The number of nitrogens with zero attached hydrogens (tertiary/aromatic N) is 1. The van der Waals surface area contributed by atoms with E-state index in [4.69, 9.17) is 4.74 Å². The van der Waals surface area contributed by atoms with Gasteiger partial charge in [0.15, 0.2) is 5.90 Å². The fourth-order valence-electron chi connectivity index (χ4n) is 0.507. The number of allylic oxidation sites excluding steroid dienone is 1. The minimum atomic E-state index is 0.685. The first-order chi connectivity index (χ1) is 4.16. The third kappa shape index (κ3) is 5.07. The smallest absolute Gasteiger partial charge is 0.186 e. The van der Waals surface area contributed by atoms with E-state index in [9.17, 15) is 0 Å². The maximum atomic E-state index is 5.05. The maximum Gasteiger partial charge on any atom is 0.186 e. The van der Waals surface area contributed by atoms with E-state index in [1.807, 2.05) is 13.8 Å². The normalized spacial score (nSPS) is 11.2. The van der Waals surface area contributed by atoms with Crippen molar-refractivity contribution < 1.29 is 4.74 Å². The molecule has 0 amide bonds. The Morgan fingerprint density at radius 1 is 1.56 bits per heavy atom. The highest BCUT2D eigenvalue weighted by Gasteiger charge is 1.87. The second kappa shape index (κ2) is 4.13. The van der Waals surface area contributed by atoms with Crippen molar-refractivity contribution in [2.24, 2.45) is 4.99 Å². The molecule has 0 rings (SSSR count). The zero-order valence-electron chi connectivity index (χ0n) is 6.27. The van der Waals surface area contributed by atoms with Crippen LogP contribution in [-0.4, -0.2) is 12.4 Å². The highest BCUT2D eigenvalue weighted by atomic mass is 16.5. The summed E-state index contributed by atoms with van der Waals surface area (Å²) in [6, 6.07) is 0. The molecule has 0 aliphatic rings. The van der Waals surface area contributed by atoms with Crippen LogP contribution in [0.15, 0.2) is 17.3 Å². The van der Waals surface area contributed by atoms with Crippen molar-refractivity contribution in [3.05, 3.63) is 12.3 Å². The molecule has 9 heavy (non-hydrogen) atoms. The Labute approximate surface area is 56.2 Å². The van der Waals surface area contributed by atoms with E-state index in [1.165, 1.54) is 0 Å². The van der Waals surface area contributed by atoms with Gasteiger partial charge in [-0.05, 0) is 13.8 Å². The van der Waals surface area contributed by atoms with Crippen LogP contribution in [0.2, 0.25) is 0 Å². The van der Waals surface area contributed by atoms with Crippen LogP contribution in [0.4, 0.5) is 0 Å². The lowest BCUT2D eigenvalue weighted by molar-refractivity contribution is 0.414. The minimum Gasteiger partial charge on any atom is -0.449 e. The molecule has 0 fully saturated rings. The number of hydrogen-bond acceptors (Lipinski definition) is 2. The fraction of sp³-hybridized carbons (Fsp3) is 0.571. The molecule has 0 aliphatic carbocycles. The molecule has 0 radical (unpaired) electrons. The molecule has 0 saturated heterocycles. The van der Waals surface area contributed by atoms with Gasteiger partial charge in [-0.15, -0.1) is 0 Å². The van der Waals surface area contributed by atoms with E-state index in [1.54, 1.807) is 6.92 Å². The molecule has 0 aromatic heterocycles. The third-order valence-electron chi connectivity index (χ3n) is 0.703. The number of ether oxygens (including phenoxy) is 1. The van der Waals surface area contributed by atoms with Gasteiger partial charge in [0.25, 0.3) is 0 Å². The van der Waals surface area contributed by atoms with E-state index in [0.29, 0.717) is 11.7 Å². The van der Waals surface area contributed by atoms with Gasteiger partial charge in [0.05, 0.1) is 5.76 Å². The predicted octanol–water partition coefficient (Wildman–Crippen LogP) is 1.97. The summed E-state index contributed by atoms with van der Waals surface area (Å²) in [5.41, 5.74) is 0. The van der Waals surface area contributed by atoms with Gasteiger partial charge in [-0.2, -0.15) is 0 Å². The first-order valence-electron chi connectivity index (χ1n) is 3.01. The predicted molar refractivity (Wildman–Crippen MR) is 39.5 cm³/mol. The molecule has 0 spiro atoms. The average Bonchev–Trinajstić information content (AvgIpc) is 1.63. The lowest BCUT2D eigenvalue weighted by Gasteiger charge is -2.00. The van der Waals surface area contributed by atoms with Crippen LogP contribution in [0.5, 0.6) is 0 Å². The molecule has 2 nitrogen and oxygen atoms in total. The second-order valence-electron chi connectivity index (χ2n) is 1.80. The topological polar surface area (TPSA) is 21.6 Å². The third-order valence-corrected chi connectivity index (χ3v) is 0.703. The Morgan fingerprint density at radius 3 is 2.44 bits per heavy atom. The molecular formula is C7H13NO. The Bertz CT molecular complexity index is 127. The maximum absolute atomic E-state index is 5.05. The molecular weight excluding hydrogens is 114 g/mol. The quantitative estimate of drug-likeness (QED) is 0.316. The van der Waals surface area contributed by atoms with Crippen LogP contribution in [0.1, 0.15) is 20.8 Å². The van der Waals surface area contributed by atoms with Gasteiger partial charge < -0.3 is 4.74 Å². The lowest BCUT2D eigenvalue weighted by Crippen LogP contribution is -1.96. The summed E-state index contributed by atoms with van der Waals surface area (Å²) in [5, 5.41) is 0. The SMILES string of the molecule is C=C(C)OC(C)=NCC. The van der Waals surface area contributed by atoms with Crippen molar-refractivity contribution in [3.63, 3.8) is 0 Å². The van der Waals surface area contributed by atoms with E-state index < -0.39 is 0 Å². The van der Waals surface area contributed by atoms with Crippen LogP contribution in [0.25, 0.3) is 0 Å². The lowest BCUT2D eigenvalue weighted by atomic mass is 10.6. The van der Waals surface area contributed by atoms with Gasteiger partial charge in [-0.25, -0.2) is 0 Å². The Balaban J connectivity index is 3.62. The second-order valence-corrected chi connectivity index (χ2v) is 1.80. The summed E-state index contributed by atoms with van der Waals surface area (Å²) in [5.74, 6) is 1.37. The van der Waals surface area contributed by atoms with Gasteiger partial charge in [-0.1, -0.05) is 6.58 Å². The molecule has 0 N–H and O–H groups in total. The van der Waals surface area contributed by atoms with Crippen LogP contribution < -0.4 is 0 Å². The van der Waals surface area contributed by atoms with E-state index in [-0.39, 0.29) is 0 Å². The van der Waals surface area contributed by atoms with Gasteiger partial charge in [0.1, 0.15) is 0 Å². The summed E-state index contributed by atoms with van der Waals surface area (Å²) in [7, 11) is 0.